The van der Waals surface area contributed by atoms with Gasteiger partial charge in [0.2, 0.25) is 5.91 Å². The maximum absolute atomic E-state index is 12.6. The maximum atomic E-state index is 12.6. The van der Waals surface area contributed by atoms with Crippen molar-refractivity contribution in [3.05, 3.63) is 83.7 Å². The molecule has 0 saturated heterocycles. The standard InChI is InChI=1S/C25H21N5O2S/c1-2-32-20-10-8-17(9-11-20)15-24(31)26-19-6-3-5-18(16-19)21-12-13-23-27-28-25(30(23)29-21)22-7-4-14-33-22/h3-14,16H,2,15H2,1H3,(H,26,31). The topological polar surface area (TPSA) is 81.4 Å². The van der Waals surface area contributed by atoms with Gasteiger partial charge in [0.15, 0.2) is 11.5 Å². The summed E-state index contributed by atoms with van der Waals surface area (Å²) in [6, 6.07) is 23.0. The number of nitrogens with one attached hydrogen (secondary N) is 1. The van der Waals surface area contributed by atoms with E-state index in [-0.39, 0.29) is 12.3 Å². The second-order valence-electron chi connectivity index (χ2n) is 7.37. The van der Waals surface area contributed by atoms with Crippen LogP contribution in [0.15, 0.2) is 78.2 Å². The minimum atomic E-state index is -0.0847. The molecule has 1 N–H and O–H groups in total. The molecule has 0 unspecified atom stereocenters. The molecule has 0 bridgehead atoms. The molecule has 0 aliphatic heterocycles. The Balaban J connectivity index is 1.34. The number of hydrogen-bond donors (Lipinski definition) is 1. The van der Waals surface area contributed by atoms with E-state index in [4.69, 9.17) is 9.84 Å². The van der Waals surface area contributed by atoms with E-state index in [1.165, 1.54) is 0 Å². The number of amides is 1. The van der Waals surface area contributed by atoms with Gasteiger partial charge < -0.3 is 10.1 Å². The molecule has 5 rings (SSSR count). The molecule has 7 nitrogen and oxygen atoms in total. The quantitative estimate of drug-likeness (QED) is 0.369. The van der Waals surface area contributed by atoms with Crippen LogP contribution in [0.1, 0.15) is 12.5 Å². The van der Waals surface area contributed by atoms with Gasteiger partial charge in [-0.25, -0.2) is 0 Å². The molecule has 0 fully saturated rings. The SMILES string of the molecule is CCOc1ccc(CC(=O)Nc2cccc(-c3ccc4nnc(-c5cccs5)n4n3)c2)cc1. The predicted octanol–water partition coefficient (Wildman–Crippen LogP) is 5.10. The molecule has 0 saturated carbocycles. The Morgan fingerprint density at radius 3 is 2.70 bits per heavy atom. The molecule has 2 aromatic carbocycles. The number of carbonyl (C=O) groups is 1. The molecule has 0 radical (unpaired) electrons. The highest BCUT2D eigenvalue weighted by Crippen LogP contribution is 2.25. The van der Waals surface area contributed by atoms with Gasteiger partial charge in [-0.15, -0.1) is 21.5 Å². The minimum absolute atomic E-state index is 0.0847. The summed E-state index contributed by atoms with van der Waals surface area (Å²) in [4.78, 5) is 13.6. The average molecular weight is 456 g/mol. The molecule has 8 heteroatoms. The lowest BCUT2D eigenvalue weighted by Crippen LogP contribution is -2.14. The smallest absolute Gasteiger partial charge is 0.228 e. The molecule has 0 aliphatic rings. The van der Waals surface area contributed by atoms with Crippen molar-refractivity contribution in [1.82, 2.24) is 19.8 Å². The van der Waals surface area contributed by atoms with Crippen molar-refractivity contribution in [1.29, 1.82) is 0 Å². The third-order valence-electron chi connectivity index (χ3n) is 5.05. The molecule has 1 amide bonds. The van der Waals surface area contributed by atoms with Crippen LogP contribution in [0.5, 0.6) is 5.75 Å². The zero-order valence-electron chi connectivity index (χ0n) is 17.9. The van der Waals surface area contributed by atoms with Gasteiger partial charge in [0.1, 0.15) is 5.75 Å². The molecule has 3 heterocycles. The van der Waals surface area contributed by atoms with E-state index >= 15 is 0 Å². The number of rotatable bonds is 7. The van der Waals surface area contributed by atoms with Gasteiger partial charge in [-0.3, -0.25) is 4.79 Å². The Bertz CT molecular complexity index is 1390. The van der Waals surface area contributed by atoms with E-state index in [1.54, 1.807) is 15.9 Å². The minimum Gasteiger partial charge on any atom is -0.494 e. The number of anilines is 1. The summed E-state index contributed by atoms with van der Waals surface area (Å²) in [6.45, 7) is 2.56. The average Bonchev–Trinajstić information content (AvgIpc) is 3.50. The van der Waals surface area contributed by atoms with Crippen LogP contribution in [0.25, 0.3) is 27.6 Å². The van der Waals surface area contributed by atoms with E-state index in [9.17, 15) is 4.79 Å². The number of thiophene rings is 1. The number of aromatic nitrogens is 4. The second-order valence-corrected chi connectivity index (χ2v) is 8.32. The summed E-state index contributed by atoms with van der Waals surface area (Å²) in [5.74, 6) is 1.43. The second kappa shape index (κ2) is 9.22. The lowest BCUT2D eigenvalue weighted by molar-refractivity contribution is -0.115. The van der Waals surface area contributed by atoms with Crippen molar-refractivity contribution in [2.24, 2.45) is 0 Å². The fraction of sp³-hybridized carbons (Fsp3) is 0.120. The van der Waals surface area contributed by atoms with Gasteiger partial charge in [-0.05, 0) is 60.3 Å². The summed E-state index contributed by atoms with van der Waals surface area (Å²) < 4.78 is 7.20. The number of carbonyl (C=O) groups excluding carboxylic acids is 1. The highest BCUT2D eigenvalue weighted by Gasteiger charge is 2.12. The van der Waals surface area contributed by atoms with Gasteiger partial charge in [-0.2, -0.15) is 9.61 Å². The van der Waals surface area contributed by atoms with E-state index in [0.29, 0.717) is 23.8 Å². The van der Waals surface area contributed by atoms with Gasteiger partial charge in [-0.1, -0.05) is 30.3 Å². The number of fused-ring (bicyclic) bond motifs is 1. The Kier molecular flexibility index (Phi) is 5.82. The van der Waals surface area contributed by atoms with E-state index < -0.39 is 0 Å². The van der Waals surface area contributed by atoms with Crippen molar-refractivity contribution in [2.75, 3.05) is 11.9 Å². The molecule has 5 aromatic rings. The van der Waals surface area contributed by atoms with Crippen molar-refractivity contribution >= 4 is 28.6 Å². The number of nitrogens with zero attached hydrogens (tertiary/aromatic N) is 4. The lowest BCUT2D eigenvalue weighted by Gasteiger charge is -2.09. The summed E-state index contributed by atoms with van der Waals surface area (Å²) in [6.07, 6.45) is 0.283. The van der Waals surface area contributed by atoms with Crippen LogP contribution in [0.3, 0.4) is 0 Å². The van der Waals surface area contributed by atoms with Crippen molar-refractivity contribution < 1.29 is 9.53 Å². The first-order valence-electron chi connectivity index (χ1n) is 10.6. The maximum Gasteiger partial charge on any atom is 0.228 e. The largest absolute Gasteiger partial charge is 0.494 e. The Hall–Kier alpha value is -4.04. The summed E-state index contributed by atoms with van der Waals surface area (Å²) >= 11 is 1.59. The van der Waals surface area contributed by atoms with Crippen molar-refractivity contribution in [2.45, 2.75) is 13.3 Å². The fourth-order valence-electron chi connectivity index (χ4n) is 3.52. The molecular formula is C25H21N5O2S. The van der Waals surface area contributed by atoms with Crippen molar-refractivity contribution in [3.8, 4) is 27.7 Å². The lowest BCUT2D eigenvalue weighted by atomic mass is 10.1. The van der Waals surface area contributed by atoms with Crippen LogP contribution in [0.4, 0.5) is 5.69 Å². The molecule has 33 heavy (non-hydrogen) atoms. The summed E-state index contributed by atoms with van der Waals surface area (Å²) in [5.41, 5.74) is 3.98. The molecule has 3 aromatic heterocycles. The third kappa shape index (κ3) is 4.61. The molecule has 164 valence electrons. The van der Waals surface area contributed by atoms with Crippen LogP contribution < -0.4 is 10.1 Å². The molecule has 0 atom stereocenters. The molecule has 0 spiro atoms. The monoisotopic (exact) mass is 455 g/mol. The van der Waals surface area contributed by atoms with Crippen LogP contribution in [-0.4, -0.2) is 32.3 Å². The zero-order valence-corrected chi connectivity index (χ0v) is 18.7. The normalized spacial score (nSPS) is 10.9. The van der Waals surface area contributed by atoms with E-state index in [0.717, 1.165) is 27.4 Å². The highest BCUT2D eigenvalue weighted by molar-refractivity contribution is 7.13. The third-order valence-corrected chi connectivity index (χ3v) is 5.91. The van der Waals surface area contributed by atoms with Crippen LogP contribution in [0, 0.1) is 0 Å². The van der Waals surface area contributed by atoms with Gasteiger partial charge in [0.25, 0.3) is 0 Å². The molecule has 0 aliphatic carbocycles. The summed E-state index contributed by atoms with van der Waals surface area (Å²) in [7, 11) is 0. The predicted molar refractivity (Wildman–Crippen MR) is 129 cm³/mol. The van der Waals surface area contributed by atoms with E-state index in [2.05, 4.69) is 15.5 Å². The first kappa shape index (κ1) is 20.8. The van der Waals surface area contributed by atoms with Crippen LogP contribution in [0.2, 0.25) is 0 Å². The van der Waals surface area contributed by atoms with Crippen molar-refractivity contribution in [3.63, 3.8) is 0 Å². The number of ether oxygens (including phenoxy) is 1. The first-order chi connectivity index (χ1) is 16.2. The Morgan fingerprint density at radius 2 is 1.91 bits per heavy atom. The van der Waals surface area contributed by atoms with Gasteiger partial charge in [0, 0.05) is 11.3 Å². The van der Waals surface area contributed by atoms with Crippen LogP contribution in [-0.2, 0) is 11.2 Å². The molecular weight excluding hydrogens is 434 g/mol. The first-order valence-corrected chi connectivity index (χ1v) is 11.5. The zero-order chi connectivity index (χ0) is 22.6. The number of hydrogen-bond acceptors (Lipinski definition) is 6. The van der Waals surface area contributed by atoms with Gasteiger partial charge >= 0.3 is 0 Å². The highest BCUT2D eigenvalue weighted by atomic mass is 32.1. The van der Waals surface area contributed by atoms with Crippen LogP contribution >= 0.6 is 11.3 Å². The Labute approximate surface area is 194 Å². The Morgan fingerprint density at radius 1 is 1.03 bits per heavy atom. The van der Waals surface area contributed by atoms with Gasteiger partial charge in [0.05, 0.1) is 23.6 Å². The summed E-state index contributed by atoms with van der Waals surface area (Å²) in [5, 5.41) is 18.2. The fourth-order valence-corrected chi connectivity index (χ4v) is 4.21. The van der Waals surface area contributed by atoms with E-state index in [1.807, 2.05) is 85.1 Å². The number of benzene rings is 2.